The first-order chi connectivity index (χ1) is 10.1. The molecule has 2 aliphatic rings. The second-order valence-corrected chi connectivity index (χ2v) is 6.23. The predicted molar refractivity (Wildman–Crippen MR) is 78.0 cm³/mol. The zero-order chi connectivity index (χ0) is 15.2. The Morgan fingerprint density at radius 1 is 1.10 bits per heavy atom. The summed E-state index contributed by atoms with van der Waals surface area (Å²) in [5.74, 6) is -0.804. The van der Waals surface area contributed by atoms with E-state index in [2.05, 4.69) is 5.32 Å². The summed E-state index contributed by atoms with van der Waals surface area (Å²) in [6, 6.07) is 0.124. The van der Waals surface area contributed by atoms with E-state index in [-0.39, 0.29) is 30.6 Å². The number of aliphatic carboxylic acids is 1. The van der Waals surface area contributed by atoms with E-state index in [9.17, 15) is 14.7 Å². The highest BCUT2D eigenvalue weighted by Gasteiger charge is 2.29. The Kier molecular flexibility index (Phi) is 5.85. The molecule has 1 heterocycles. The molecule has 0 aromatic rings. The molecule has 0 aromatic carbocycles. The van der Waals surface area contributed by atoms with E-state index >= 15 is 0 Å². The average molecular weight is 298 g/mol. The fraction of sp³-hybridized carbons (Fsp3) is 0.867. The van der Waals surface area contributed by atoms with Crippen LogP contribution in [0.1, 0.15) is 57.8 Å². The minimum atomic E-state index is -0.804. The fourth-order valence-electron chi connectivity index (χ4n) is 3.34. The molecular formula is C15H26N2O4. The Hall–Kier alpha value is -1.30. The van der Waals surface area contributed by atoms with Gasteiger partial charge in [-0.25, -0.2) is 4.79 Å². The third kappa shape index (κ3) is 4.88. The average Bonchev–Trinajstić information content (AvgIpc) is 2.47. The lowest BCUT2D eigenvalue weighted by Gasteiger charge is -2.37. The lowest BCUT2D eigenvalue weighted by atomic mass is 9.93. The number of likely N-dealkylation sites (tertiary alicyclic amines) is 1. The summed E-state index contributed by atoms with van der Waals surface area (Å²) in [5.41, 5.74) is 0. The number of hydrogen-bond acceptors (Lipinski definition) is 3. The number of aliphatic hydroxyl groups is 1. The van der Waals surface area contributed by atoms with Gasteiger partial charge in [0.05, 0.1) is 6.10 Å². The van der Waals surface area contributed by atoms with Crippen molar-refractivity contribution >= 4 is 12.0 Å². The third-order valence-electron chi connectivity index (χ3n) is 4.60. The van der Waals surface area contributed by atoms with E-state index in [0.29, 0.717) is 13.0 Å². The largest absolute Gasteiger partial charge is 0.481 e. The van der Waals surface area contributed by atoms with Gasteiger partial charge in [0.1, 0.15) is 0 Å². The molecule has 21 heavy (non-hydrogen) atoms. The smallest absolute Gasteiger partial charge is 0.317 e. The highest BCUT2D eigenvalue weighted by molar-refractivity contribution is 5.75. The number of piperidine rings is 1. The quantitative estimate of drug-likeness (QED) is 0.737. The maximum atomic E-state index is 12.4. The second kappa shape index (κ2) is 7.64. The van der Waals surface area contributed by atoms with Crippen molar-refractivity contribution in [2.45, 2.75) is 76.0 Å². The van der Waals surface area contributed by atoms with Gasteiger partial charge in [-0.05, 0) is 51.4 Å². The van der Waals surface area contributed by atoms with Crippen LogP contribution in [0.25, 0.3) is 0 Å². The normalized spacial score (nSPS) is 30.0. The van der Waals surface area contributed by atoms with Crippen molar-refractivity contribution in [1.82, 2.24) is 10.2 Å². The summed E-state index contributed by atoms with van der Waals surface area (Å²) >= 11 is 0. The first-order valence-corrected chi connectivity index (χ1v) is 8.03. The van der Waals surface area contributed by atoms with Gasteiger partial charge in [0.15, 0.2) is 0 Å². The van der Waals surface area contributed by atoms with Crippen molar-refractivity contribution in [3.05, 3.63) is 0 Å². The summed E-state index contributed by atoms with van der Waals surface area (Å²) < 4.78 is 0. The molecule has 1 aliphatic carbocycles. The fourth-order valence-corrected chi connectivity index (χ4v) is 3.34. The lowest BCUT2D eigenvalue weighted by molar-refractivity contribution is -0.137. The van der Waals surface area contributed by atoms with Gasteiger partial charge in [-0.2, -0.15) is 0 Å². The first-order valence-electron chi connectivity index (χ1n) is 8.03. The number of urea groups is 1. The number of nitrogens with one attached hydrogen (secondary N) is 1. The Morgan fingerprint density at radius 2 is 1.81 bits per heavy atom. The van der Waals surface area contributed by atoms with Crippen LogP contribution in [0.3, 0.4) is 0 Å². The number of carboxylic acid groups (broad SMARTS) is 1. The number of rotatable bonds is 4. The molecule has 1 aliphatic heterocycles. The highest BCUT2D eigenvalue weighted by Crippen LogP contribution is 2.23. The molecule has 6 nitrogen and oxygen atoms in total. The van der Waals surface area contributed by atoms with Crippen molar-refractivity contribution in [1.29, 1.82) is 0 Å². The van der Waals surface area contributed by atoms with Crippen LogP contribution in [0.2, 0.25) is 0 Å². The van der Waals surface area contributed by atoms with Crippen molar-refractivity contribution in [2.24, 2.45) is 0 Å². The molecule has 2 rings (SSSR count). The number of carboxylic acids is 1. The minimum Gasteiger partial charge on any atom is -0.481 e. The third-order valence-corrected chi connectivity index (χ3v) is 4.60. The number of amides is 2. The van der Waals surface area contributed by atoms with E-state index in [4.69, 9.17) is 5.11 Å². The maximum absolute atomic E-state index is 12.4. The van der Waals surface area contributed by atoms with Crippen LogP contribution >= 0.6 is 0 Å². The lowest BCUT2D eigenvalue weighted by Crippen LogP contribution is -2.52. The SMILES string of the molecule is O=C(O)CCC1CCCCN1C(=O)NC1CCC(O)CC1. The molecule has 1 unspecified atom stereocenters. The van der Waals surface area contributed by atoms with E-state index in [1.807, 2.05) is 4.90 Å². The van der Waals surface area contributed by atoms with Gasteiger partial charge in [0, 0.05) is 25.0 Å². The van der Waals surface area contributed by atoms with Gasteiger partial charge in [0.25, 0.3) is 0 Å². The summed E-state index contributed by atoms with van der Waals surface area (Å²) in [4.78, 5) is 24.9. The molecule has 1 saturated carbocycles. The van der Waals surface area contributed by atoms with Gasteiger partial charge in [-0.15, -0.1) is 0 Å². The van der Waals surface area contributed by atoms with E-state index in [1.54, 1.807) is 0 Å². The van der Waals surface area contributed by atoms with Crippen LogP contribution in [0, 0.1) is 0 Å². The number of carbonyl (C=O) groups excluding carboxylic acids is 1. The van der Waals surface area contributed by atoms with Gasteiger partial charge in [-0.3, -0.25) is 4.79 Å². The zero-order valence-electron chi connectivity index (χ0n) is 12.5. The number of carbonyl (C=O) groups is 2. The molecule has 6 heteroatoms. The van der Waals surface area contributed by atoms with Gasteiger partial charge in [0.2, 0.25) is 0 Å². The Balaban J connectivity index is 1.84. The molecule has 2 fully saturated rings. The maximum Gasteiger partial charge on any atom is 0.317 e. The van der Waals surface area contributed by atoms with Gasteiger partial charge >= 0.3 is 12.0 Å². The summed E-state index contributed by atoms with van der Waals surface area (Å²) in [6.45, 7) is 0.714. The van der Waals surface area contributed by atoms with Crippen LogP contribution in [0.5, 0.6) is 0 Å². The molecule has 0 bridgehead atoms. The molecule has 1 saturated heterocycles. The van der Waals surface area contributed by atoms with Gasteiger partial charge < -0.3 is 20.4 Å². The minimum absolute atomic E-state index is 0.0454. The molecule has 3 N–H and O–H groups in total. The van der Waals surface area contributed by atoms with Crippen molar-refractivity contribution in [3.8, 4) is 0 Å². The van der Waals surface area contributed by atoms with E-state index in [0.717, 1.165) is 44.9 Å². The monoisotopic (exact) mass is 298 g/mol. The van der Waals surface area contributed by atoms with Crippen molar-refractivity contribution < 1.29 is 19.8 Å². The number of hydrogen-bond donors (Lipinski definition) is 3. The number of aliphatic hydroxyl groups excluding tert-OH is 1. The van der Waals surface area contributed by atoms with E-state index < -0.39 is 5.97 Å². The van der Waals surface area contributed by atoms with Crippen molar-refractivity contribution in [2.75, 3.05) is 6.54 Å². The molecule has 2 amide bonds. The molecule has 0 aromatic heterocycles. The standard InChI is InChI=1S/C15H26N2O4/c18-13-7-4-11(5-8-13)16-15(21)17-10-2-1-3-12(17)6-9-14(19)20/h11-13,18H,1-10H2,(H,16,21)(H,19,20). The summed E-state index contributed by atoms with van der Waals surface area (Å²) in [7, 11) is 0. The molecule has 120 valence electrons. The van der Waals surface area contributed by atoms with Crippen LogP contribution < -0.4 is 5.32 Å². The molecule has 1 atom stereocenters. The van der Waals surface area contributed by atoms with Crippen LogP contribution in [0.4, 0.5) is 4.79 Å². The Bertz CT molecular complexity index is 367. The van der Waals surface area contributed by atoms with Crippen molar-refractivity contribution in [3.63, 3.8) is 0 Å². The molecule has 0 spiro atoms. The van der Waals surface area contributed by atoms with Crippen LogP contribution in [-0.2, 0) is 4.79 Å². The van der Waals surface area contributed by atoms with Gasteiger partial charge in [-0.1, -0.05) is 0 Å². The van der Waals surface area contributed by atoms with Crippen LogP contribution in [0.15, 0.2) is 0 Å². The predicted octanol–water partition coefficient (Wildman–Crippen LogP) is 1.72. The topological polar surface area (TPSA) is 89.9 Å². The summed E-state index contributed by atoms with van der Waals surface area (Å²) in [6.07, 6.45) is 6.49. The highest BCUT2D eigenvalue weighted by atomic mass is 16.4. The molecular weight excluding hydrogens is 272 g/mol. The summed E-state index contributed by atoms with van der Waals surface area (Å²) in [5, 5.41) is 21.4. The second-order valence-electron chi connectivity index (χ2n) is 6.23. The zero-order valence-corrected chi connectivity index (χ0v) is 12.5. The first kappa shape index (κ1) is 16.1. The Labute approximate surface area is 125 Å². The number of nitrogens with zero attached hydrogens (tertiary/aromatic N) is 1. The van der Waals surface area contributed by atoms with Crippen LogP contribution in [-0.4, -0.2) is 51.8 Å². The van der Waals surface area contributed by atoms with E-state index in [1.165, 1.54) is 0 Å². The Morgan fingerprint density at radius 3 is 2.48 bits per heavy atom. The molecule has 0 radical (unpaired) electrons.